The van der Waals surface area contributed by atoms with E-state index in [1.807, 2.05) is 0 Å². The van der Waals surface area contributed by atoms with E-state index in [0.29, 0.717) is 0 Å². The molecule has 314 valence electrons. The fourth-order valence-corrected chi connectivity index (χ4v) is 11.9. The summed E-state index contributed by atoms with van der Waals surface area (Å²) in [5.41, 5.74) is 22.9. The summed E-state index contributed by atoms with van der Waals surface area (Å²) in [5.74, 6) is 0. The van der Waals surface area contributed by atoms with Crippen molar-refractivity contribution < 1.29 is 0 Å². The van der Waals surface area contributed by atoms with E-state index in [4.69, 9.17) is 0 Å². The smallest absolute Gasteiger partial charge is 0.0502 e. The van der Waals surface area contributed by atoms with Crippen LogP contribution in [0.15, 0.2) is 213 Å². The lowest BCUT2D eigenvalue weighted by Gasteiger charge is -2.42. The molecule has 0 bridgehead atoms. The van der Waals surface area contributed by atoms with Crippen LogP contribution < -0.4 is 9.80 Å². The largest absolute Gasteiger partial charge is 0.310 e. The van der Waals surface area contributed by atoms with Gasteiger partial charge in [-0.25, -0.2) is 0 Å². The normalized spacial score (nSPS) is 14.9. The molecular formula is C64H48N2. The van der Waals surface area contributed by atoms with Gasteiger partial charge in [0, 0.05) is 22.2 Å². The van der Waals surface area contributed by atoms with Gasteiger partial charge in [0.25, 0.3) is 0 Å². The molecule has 2 nitrogen and oxygen atoms in total. The lowest BCUT2D eigenvalue weighted by atomic mass is 9.73. The Kier molecular flexibility index (Phi) is 8.19. The van der Waals surface area contributed by atoms with Crippen LogP contribution in [0.2, 0.25) is 0 Å². The number of anilines is 6. The fourth-order valence-electron chi connectivity index (χ4n) is 11.9. The molecule has 0 saturated carbocycles. The third-order valence-electron chi connectivity index (χ3n) is 15.1. The highest BCUT2D eigenvalue weighted by atomic mass is 15.2. The molecule has 0 amide bonds. The SMILES string of the molecule is C=C1c2ccccc2-c2ccc(-c3c4ccc(N5c6ccccc6C(C)(C)c6ccccc65)cc4c(-c4ccccc4)c4cc(N5c6ccccc6C(C)(C)c6ccccc65)ccc34)cc21. The number of nitrogens with zero attached hydrogens (tertiary/aromatic N) is 2. The van der Waals surface area contributed by atoms with E-state index >= 15 is 0 Å². The molecule has 2 aliphatic heterocycles. The molecule has 1 aliphatic carbocycles. The number of benzene rings is 10. The fraction of sp³-hybridized carbons (Fsp3) is 0.0938. The molecule has 0 radical (unpaired) electrons. The van der Waals surface area contributed by atoms with Crippen molar-refractivity contribution >= 4 is 61.2 Å². The quantitative estimate of drug-likeness (QED) is 0.163. The highest BCUT2D eigenvalue weighted by molar-refractivity contribution is 6.23. The minimum Gasteiger partial charge on any atom is -0.310 e. The number of rotatable bonds is 4. The summed E-state index contributed by atoms with van der Waals surface area (Å²) >= 11 is 0. The first-order valence-corrected chi connectivity index (χ1v) is 23.2. The van der Waals surface area contributed by atoms with Crippen LogP contribution in [0.3, 0.4) is 0 Å². The molecule has 0 N–H and O–H groups in total. The highest BCUT2D eigenvalue weighted by Gasteiger charge is 2.38. The zero-order chi connectivity index (χ0) is 44.5. The molecule has 13 rings (SSSR count). The van der Waals surface area contributed by atoms with Crippen molar-refractivity contribution in [1.82, 2.24) is 0 Å². The Labute approximate surface area is 387 Å². The van der Waals surface area contributed by atoms with Crippen LogP contribution >= 0.6 is 0 Å². The van der Waals surface area contributed by atoms with Gasteiger partial charge in [0.2, 0.25) is 0 Å². The second-order valence-electron chi connectivity index (χ2n) is 19.3. The Morgan fingerprint density at radius 3 is 1.20 bits per heavy atom. The predicted molar refractivity (Wildman–Crippen MR) is 280 cm³/mol. The lowest BCUT2D eigenvalue weighted by Crippen LogP contribution is -2.30. The summed E-state index contributed by atoms with van der Waals surface area (Å²) in [6, 6.07) is 77.0. The Morgan fingerprint density at radius 1 is 0.318 bits per heavy atom. The van der Waals surface area contributed by atoms with Gasteiger partial charge in [0.1, 0.15) is 0 Å². The molecule has 0 unspecified atom stereocenters. The lowest BCUT2D eigenvalue weighted by molar-refractivity contribution is 0.632. The first-order valence-electron chi connectivity index (χ1n) is 23.2. The maximum absolute atomic E-state index is 4.66. The van der Waals surface area contributed by atoms with E-state index in [0.717, 1.165) is 16.9 Å². The molecule has 2 heterocycles. The monoisotopic (exact) mass is 844 g/mol. The summed E-state index contributed by atoms with van der Waals surface area (Å²) < 4.78 is 0. The van der Waals surface area contributed by atoms with Crippen molar-refractivity contribution in [2.45, 2.75) is 38.5 Å². The maximum atomic E-state index is 4.66. The minimum atomic E-state index is -0.159. The van der Waals surface area contributed by atoms with Crippen molar-refractivity contribution in [3.05, 3.63) is 246 Å². The molecule has 2 heteroatoms. The summed E-state index contributed by atoms with van der Waals surface area (Å²) in [4.78, 5) is 4.98. The van der Waals surface area contributed by atoms with E-state index in [-0.39, 0.29) is 10.8 Å². The zero-order valence-corrected chi connectivity index (χ0v) is 37.7. The number of fused-ring (bicyclic) bond motifs is 9. The average molecular weight is 845 g/mol. The molecule has 0 spiro atoms. The molecular weight excluding hydrogens is 797 g/mol. The topological polar surface area (TPSA) is 6.48 Å². The first kappa shape index (κ1) is 38.5. The summed E-state index contributed by atoms with van der Waals surface area (Å²) in [5, 5.41) is 4.85. The third kappa shape index (κ3) is 5.36. The van der Waals surface area contributed by atoms with Crippen LogP contribution in [-0.4, -0.2) is 0 Å². The van der Waals surface area contributed by atoms with E-state index in [2.05, 4.69) is 250 Å². The summed E-state index contributed by atoms with van der Waals surface area (Å²) in [6.07, 6.45) is 0. The predicted octanol–water partition coefficient (Wildman–Crippen LogP) is 17.6. The Bertz CT molecular complexity index is 3420. The van der Waals surface area contributed by atoms with Gasteiger partial charge in [-0.2, -0.15) is 0 Å². The Balaban J connectivity index is 1.13. The second-order valence-corrected chi connectivity index (χ2v) is 19.3. The Morgan fingerprint density at radius 2 is 0.712 bits per heavy atom. The van der Waals surface area contributed by atoms with Crippen LogP contribution in [0, 0.1) is 0 Å². The van der Waals surface area contributed by atoms with Crippen LogP contribution in [0.1, 0.15) is 61.1 Å². The van der Waals surface area contributed by atoms with Gasteiger partial charge in [-0.05, 0) is 148 Å². The molecule has 10 aromatic carbocycles. The van der Waals surface area contributed by atoms with Crippen LogP contribution in [0.5, 0.6) is 0 Å². The van der Waals surface area contributed by atoms with Gasteiger partial charge < -0.3 is 9.80 Å². The van der Waals surface area contributed by atoms with Crippen molar-refractivity contribution in [3.63, 3.8) is 0 Å². The van der Waals surface area contributed by atoms with Crippen molar-refractivity contribution in [1.29, 1.82) is 0 Å². The standard InChI is InChI=1S/C64H48N2/c1-40-45-21-9-10-22-46(45)47-34-31-42(37-50(40)47)62-48-35-32-43(65-57-27-15-11-23-53(57)63(2,3)54-24-12-16-28-58(54)65)38-51(48)61(41-19-7-6-8-20-41)52-39-44(33-36-49(52)62)66-59-29-17-13-25-55(59)64(4,5)56-26-14-18-30-60(56)66/h6-39H,1H2,2-5H3. The third-order valence-corrected chi connectivity index (χ3v) is 15.1. The van der Waals surface area contributed by atoms with Gasteiger partial charge in [0.05, 0.1) is 22.7 Å². The van der Waals surface area contributed by atoms with Crippen molar-refractivity contribution in [2.24, 2.45) is 0 Å². The van der Waals surface area contributed by atoms with Crippen LogP contribution in [0.4, 0.5) is 34.1 Å². The van der Waals surface area contributed by atoms with Gasteiger partial charge in [-0.3, -0.25) is 0 Å². The molecule has 0 saturated heterocycles. The second kappa shape index (κ2) is 14.0. The first-order chi connectivity index (χ1) is 32.2. The highest BCUT2D eigenvalue weighted by Crippen LogP contribution is 2.56. The van der Waals surface area contributed by atoms with Gasteiger partial charge in [-0.15, -0.1) is 0 Å². The molecule has 0 aromatic heterocycles. The van der Waals surface area contributed by atoms with E-state index in [1.165, 1.54) is 111 Å². The molecule has 3 aliphatic rings. The van der Waals surface area contributed by atoms with Gasteiger partial charge >= 0.3 is 0 Å². The molecule has 10 aromatic rings. The van der Waals surface area contributed by atoms with E-state index in [9.17, 15) is 0 Å². The van der Waals surface area contributed by atoms with E-state index in [1.54, 1.807) is 0 Å². The molecule has 66 heavy (non-hydrogen) atoms. The van der Waals surface area contributed by atoms with Crippen LogP contribution in [0.25, 0.3) is 60.5 Å². The van der Waals surface area contributed by atoms with Crippen LogP contribution in [-0.2, 0) is 10.8 Å². The minimum absolute atomic E-state index is 0.159. The zero-order valence-electron chi connectivity index (χ0n) is 37.7. The van der Waals surface area contributed by atoms with Gasteiger partial charge in [0.15, 0.2) is 0 Å². The summed E-state index contributed by atoms with van der Waals surface area (Å²) in [7, 11) is 0. The average Bonchev–Trinajstić information content (AvgIpc) is 3.64. The summed E-state index contributed by atoms with van der Waals surface area (Å²) in [6.45, 7) is 14.1. The Hall–Kier alpha value is -7.94. The molecule has 0 atom stereocenters. The van der Waals surface area contributed by atoms with Gasteiger partial charge in [-0.1, -0.05) is 186 Å². The molecule has 0 fully saturated rings. The number of hydrogen-bond donors (Lipinski definition) is 0. The number of hydrogen-bond acceptors (Lipinski definition) is 2. The number of para-hydroxylation sites is 4. The van der Waals surface area contributed by atoms with Crippen molar-refractivity contribution in [3.8, 4) is 33.4 Å². The maximum Gasteiger partial charge on any atom is 0.0502 e. The van der Waals surface area contributed by atoms with Crippen molar-refractivity contribution in [2.75, 3.05) is 9.80 Å². The van der Waals surface area contributed by atoms with E-state index < -0.39 is 0 Å².